The number of sulfonamides is 1. The summed E-state index contributed by atoms with van der Waals surface area (Å²) in [5.74, 6) is 0.803. The first-order valence-electron chi connectivity index (χ1n) is 6.38. The monoisotopic (exact) mass is 327 g/mol. The summed E-state index contributed by atoms with van der Waals surface area (Å²) < 4.78 is 34.0. The van der Waals surface area contributed by atoms with E-state index < -0.39 is 10.0 Å². The van der Waals surface area contributed by atoms with Gasteiger partial charge in [0.05, 0.1) is 6.33 Å². The molecule has 1 aromatic carbocycles. The second-order valence-electron chi connectivity index (χ2n) is 4.86. The number of nitrogens with zero attached hydrogens (tertiary/aromatic N) is 2. The van der Waals surface area contributed by atoms with Gasteiger partial charge in [-0.1, -0.05) is 29.8 Å². The molecule has 0 spiro atoms. The summed E-state index contributed by atoms with van der Waals surface area (Å²) in [5, 5.41) is -0.0831. The van der Waals surface area contributed by atoms with E-state index in [2.05, 4.69) is 9.71 Å². The third kappa shape index (κ3) is 2.76. The average molecular weight is 328 g/mol. The number of hydrogen-bond acceptors (Lipinski definition) is 4. The minimum absolute atomic E-state index is 0.0816. The lowest BCUT2D eigenvalue weighted by Crippen LogP contribution is -2.34. The lowest BCUT2D eigenvalue weighted by Gasteiger charge is -2.11. The summed E-state index contributed by atoms with van der Waals surface area (Å²) in [6.45, 7) is 0.171. The molecule has 0 aliphatic carbocycles. The number of fused-ring (bicyclic) bond motifs is 1. The van der Waals surface area contributed by atoms with Gasteiger partial charge in [-0.2, -0.15) is 0 Å². The molecule has 6 nitrogen and oxygen atoms in total. The van der Waals surface area contributed by atoms with E-state index in [-0.39, 0.29) is 22.8 Å². The predicted molar refractivity (Wildman–Crippen MR) is 78.0 cm³/mol. The van der Waals surface area contributed by atoms with Crippen LogP contribution in [0.15, 0.2) is 35.6 Å². The van der Waals surface area contributed by atoms with E-state index in [1.807, 2.05) is 24.3 Å². The third-order valence-electron chi connectivity index (χ3n) is 3.30. The van der Waals surface area contributed by atoms with Crippen molar-refractivity contribution in [1.82, 2.24) is 14.3 Å². The Morgan fingerprint density at radius 3 is 2.90 bits per heavy atom. The van der Waals surface area contributed by atoms with Gasteiger partial charge in [0, 0.05) is 20.0 Å². The van der Waals surface area contributed by atoms with E-state index in [9.17, 15) is 8.42 Å². The summed E-state index contributed by atoms with van der Waals surface area (Å²) in [4.78, 5) is 3.81. The third-order valence-corrected chi connectivity index (χ3v) is 5.22. The highest BCUT2D eigenvalue weighted by molar-refractivity contribution is 7.89. The lowest BCUT2D eigenvalue weighted by molar-refractivity contribution is 0.236. The van der Waals surface area contributed by atoms with Crippen LogP contribution >= 0.6 is 11.6 Å². The van der Waals surface area contributed by atoms with Crippen LogP contribution in [0.5, 0.6) is 5.75 Å². The largest absolute Gasteiger partial charge is 0.488 e. The molecule has 1 aliphatic rings. The molecular weight excluding hydrogens is 314 g/mol. The van der Waals surface area contributed by atoms with E-state index in [1.165, 1.54) is 10.9 Å². The van der Waals surface area contributed by atoms with Crippen LogP contribution in [0.2, 0.25) is 5.15 Å². The summed E-state index contributed by atoms with van der Waals surface area (Å²) in [6, 6.07) is 7.67. The second-order valence-corrected chi connectivity index (χ2v) is 6.90. The molecule has 0 amide bonds. The number of hydrogen-bond donors (Lipinski definition) is 1. The Labute approximate surface area is 127 Å². The van der Waals surface area contributed by atoms with Crippen molar-refractivity contribution in [1.29, 1.82) is 0 Å². The molecular formula is C13H14ClN3O3S. The molecule has 0 unspecified atom stereocenters. The van der Waals surface area contributed by atoms with Gasteiger partial charge in [0.1, 0.15) is 17.0 Å². The van der Waals surface area contributed by atoms with Crippen molar-refractivity contribution in [3.8, 4) is 5.75 Å². The molecule has 1 aromatic heterocycles. The van der Waals surface area contributed by atoms with E-state index in [0.29, 0.717) is 6.42 Å². The van der Waals surface area contributed by atoms with Crippen LogP contribution < -0.4 is 9.46 Å². The Kier molecular flexibility index (Phi) is 3.64. The average Bonchev–Trinajstić information content (AvgIpc) is 3.01. The first-order valence-corrected chi connectivity index (χ1v) is 8.24. The fourth-order valence-electron chi connectivity index (χ4n) is 2.21. The molecule has 0 saturated carbocycles. The number of aryl methyl sites for hydroxylation is 1. The summed E-state index contributed by atoms with van der Waals surface area (Å²) in [5.41, 5.74) is 1.08. The highest BCUT2D eigenvalue weighted by Crippen LogP contribution is 2.28. The zero-order chi connectivity index (χ0) is 15.0. The van der Waals surface area contributed by atoms with Gasteiger partial charge in [-0.3, -0.25) is 0 Å². The van der Waals surface area contributed by atoms with Crippen LogP contribution in [0, 0.1) is 0 Å². The first kappa shape index (κ1) is 14.4. The van der Waals surface area contributed by atoms with Crippen LogP contribution in [0.25, 0.3) is 0 Å². The molecule has 1 N–H and O–H groups in total. The molecule has 112 valence electrons. The maximum absolute atomic E-state index is 12.2. The lowest BCUT2D eigenvalue weighted by atomic mass is 10.1. The van der Waals surface area contributed by atoms with Gasteiger partial charge < -0.3 is 9.30 Å². The van der Waals surface area contributed by atoms with Crippen molar-refractivity contribution in [3.05, 3.63) is 41.3 Å². The molecule has 0 saturated heterocycles. The molecule has 1 atom stereocenters. The van der Waals surface area contributed by atoms with Crippen molar-refractivity contribution in [3.63, 3.8) is 0 Å². The Morgan fingerprint density at radius 2 is 2.24 bits per heavy atom. The first-order chi connectivity index (χ1) is 9.97. The summed E-state index contributed by atoms with van der Waals surface area (Å²) >= 11 is 5.91. The number of benzene rings is 1. The number of aromatic nitrogens is 2. The summed E-state index contributed by atoms with van der Waals surface area (Å²) in [6.07, 6.45) is 1.81. The molecule has 21 heavy (non-hydrogen) atoms. The van der Waals surface area contributed by atoms with Crippen molar-refractivity contribution in [2.75, 3.05) is 6.54 Å². The maximum Gasteiger partial charge on any atom is 0.261 e. The van der Waals surface area contributed by atoms with Crippen molar-refractivity contribution in [2.45, 2.75) is 17.6 Å². The number of nitrogens with one attached hydrogen (secondary N) is 1. The molecule has 1 aliphatic heterocycles. The molecule has 2 aromatic rings. The molecule has 0 radical (unpaired) electrons. The summed E-state index contributed by atoms with van der Waals surface area (Å²) in [7, 11) is -2.11. The highest BCUT2D eigenvalue weighted by atomic mass is 35.5. The number of ether oxygens (including phenoxy) is 1. The standard InChI is InChI=1S/C13H14ClN3O3S/c1-17-8-15-13(12(17)14)21(18,19)16-7-10-6-9-4-2-3-5-11(9)20-10/h2-5,8,10,16H,6-7H2,1H3/t10-/m1/s1. The minimum atomic E-state index is -3.74. The fraction of sp³-hybridized carbons (Fsp3) is 0.308. The van der Waals surface area contributed by atoms with Gasteiger partial charge in [-0.15, -0.1) is 0 Å². The fourth-order valence-corrected chi connectivity index (χ4v) is 3.70. The van der Waals surface area contributed by atoms with Gasteiger partial charge in [0.2, 0.25) is 5.03 Å². The van der Waals surface area contributed by atoms with Crippen LogP contribution in [0.4, 0.5) is 0 Å². The van der Waals surface area contributed by atoms with Crippen LogP contribution in [-0.4, -0.2) is 30.6 Å². The Morgan fingerprint density at radius 1 is 1.48 bits per heavy atom. The zero-order valence-corrected chi connectivity index (χ0v) is 12.9. The maximum atomic E-state index is 12.2. The van der Waals surface area contributed by atoms with E-state index >= 15 is 0 Å². The van der Waals surface area contributed by atoms with Gasteiger partial charge >= 0.3 is 0 Å². The normalized spacial score (nSPS) is 17.5. The Bertz CT molecular complexity index is 748. The SMILES string of the molecule is Cn1cnc(S(=O)(=O)NC[C@H]2Cc3ccccc3O2)c1Cl. The predicted octanol–water partition coefficient (Wildman–Crippen LogP) is 1.36. The molecule has 0 bridgehead atoms. The zero-order valence-electron chi connectivity index (χ0n) is 11.3. The Hall–Kier alpha value is -1.57. The smallest absolute Gasteiger partial charge is 0.261 e. The minimum Gasteiger partial charge on any atom is -0.488 e. The van der Waals surface area contributed by atoms with E-state index in [0.717, 1.165) is 11.3 Å². The number of rotatable bonds is 4. The van der Waals surface area contributed by atoms with Crippen molar-refractivity contribution < 1.29 is 13.2 Å². The number of imidazole rings is 1. The number of halogens is 1. The van der Waals surface area contributed by atoms with Crippen LogP contribution in [0.3, 0.4) is 0 Å². The van der Waals surface area contributed by atoms with Crippen LogP contribution in [0.1, 0.15) is 5.56 Å². The molecule has 2 heterocycles. The van der Waals surface area contributed by atoms with Gasteiger partial charge in [-0.05, 0) is 11.6 Å². The number of para-hydroxylation sites is 1. The molecule has 3 rings (SSSR count). The van der Waals surface area contributed by atoms with Gasteiger partial charge in [0.25, 0.3) is 10.0 Å². The van der Waals surface area contributed by atoms with Crippen molar-refractivity contribution in [2.24, 2.45) is 7.05 Å². The molecule has 0 fully saturated rings. The quantitative estimate of drug-likeness (QED) is 0.920. The molecule has 8 heteroatoms. The van der Waals surface area contributed by atoms with Gasteiger partial charge in [-0.25, -0.2) is 18.1 Å². The topological polar surface area (TPSA) is 73.2 Å². The van der Waals surface area contributed by atoms with E-state index in [1.54, 1.807) is 7.05 Å². The van der Waals surface area contributed by atoms with Gasteiger partial charge in [0.15, 0.2) is 0 Å². The van der Waals surface area contributed by atoms with E-state index in [4.69, 9.17) is 16.3 Å². The highest BCUT2D eigenvalue weighted by Gasteiger charge is 2.27. The van der Waals surface area contributed by atoms with Crippen LogP contribution in [-0.2, 0) is 23.5 Å². The Balaban J connectivity index is 1.68. The van der Waals surface area contributed by atoms with Crippen molar-refractivity contribution >= 4 is 21.6 Å². The second kappa shape index (κ2) is 5.32.